The van der Waals surface area contributed by atoms with Gasteiger partial charge in [0.15, 0.2) is 0 Å². The first-order valence-corrected chi connectivity index (χ1v) is 10.1. The SMILES string of the molecule is Cc1cccc(NC(=O)CN2CCN(CCCOc3ccccc3)CC2)c1C. The molecule has 0 spiro atoms. The van der Waals surface area contributed by atoms with Crippen LogP contribution in [0.25, 0.3) is 0 Å². The molecule has 0 aliphatic carbocycles. The van der Waals surface area contributed by atoms with Crippen molar-refractivity contribution < 1.29 is 9.53 Å². The minimum atomic E-state index is 0.0680. The monoisotopic (exact) mass is 381 g/mol. The third-order valence-corrected chi connectivity index (χ3v) is 5.34. The molecule has 1 N–H and O–H groups in total. The highest BCUT2D eigenvalue weighted by Crippen LogP contribution is 2.18. The molecular formula is C23H31N3O2. The number of aryl methyl sites for hydroxylation is 1. The molecule has 0 bridgehead atoms. The molecule has 0 atom stereocenters. The second kappa shape index (κ2) is 10.2. The second-order valence-corrected chi connectivity index (χ2v) is 7.43. The fourth-order valence-corrected chi connectivity index (χ4v) is 3.45. The van der Waals surface area contributed by atoms with Crippen LogP contribution in [0.4, 0.5) is 5.69 Å². The molecule has 3 rings (SSSR count). The van der Waals surface area contributed by atoms with Gasteiger partial charge in [0.25, 0.3) is 0 Å². The molecule has 150 valence electrons. The van der Waals surface area contributed by atoms with Crippen LogP contribution in [0.5, 0.6) is 5.75 Å². The minimum Gasteiger partial charge on any atom is -0.494 e. The Hall–Kier alpha value is -2.37. The molecule has 2 aromatic carbocycles. The van der Waals surface area contributed by atoms with Gasteiger partial charge in [-0.3, -0.25) is 9.69 Å². The van der Waals surface area contributed by atoms with Crippen LogP contribution in [-0.4, -0.2) is 61.6 Å². The van der Waals surface area contributed by atoms with E-state index in [1.807, 2.05) is 49.4 Å². The Balaban J connectivity index is 1.32. The molecule has 1 fully saturated rings. The van der Waals surface area contributed by atoms with E-state index < -0.39 is 0 Å². The number of nitrogens with one attached hydrogen (secondary N) is 1. The van der Waals surface area contributed by atoms with Crippen molar-refractivity contribution in [3.63, 3.8) is 0 Å². The molecular weight excluding hydrogens is 350 g/mol. The molecule has 0 radical (unpaired) electrons. The average molecular weight is 382 g/mol. The maximum Gasteiger partial charge on any atom is 0.238 e. The standard InChI is InChI=1S/C23H31N3O2/c1-19-8-6-11-22(20(19)2)24-23(27)18-26-15-13-25(14-16-26)12-7-17-28-21-9-4-3-5-10-21/h3-6,8-11H,7,12-18H2,1-2H3,(H,24,27). The van der Waals surface area contributed by atoms with E-state index in [1.54, 1.807) is 0 Å². The number of nitrogens with zero attached hydrogens (tertiary/aromatic N) is 2. The lowest BCUT2D eigenvalue weighted by Gasteiger charge is -2.34. The van der Waals surface area contributed by atoms with Crippen LogP contribution in [0.15, 0.2) is 48.5 Å². The largest absolute Gasteiger partial charge is 0.494 e. The van der Waals surface area contributed by atoms with Gasteiger partial charge in [0.2, 0.25) is 5.91 Å². The summed E-state index contributed by atoms with van der Waals surface area (Å²) < 4.78 is 5.76. The van der Waals surface area contributed by atoms with Crippen LogP contribution in [0.2, 0.25) is 0 Å². The van der Waals surface area contributed by atoms with Crippen molar-refractivity contribution in [1.82, 2.24) is 9.80 Å². The van der Waals surface area contributed by atoms with E-state index in [0.717, 1.165) is 62.8 Å². The van der Waals surface area contributed by atoms with Crippen molar-refractivity contribution in [3.8, 4) is 5.75 Å². The maximum absolute atomic E-state index is 12.4. The summed E-state index contributed by atoms with van der Waals surface area (Å²) in [6, 6.07) is 16.0. The van der Waals surface area contributed by atoms with Crippen molar-refractivity contribution in [2.45, 2.75) is 20.3 Å². The molecule has 1 saturated heterocycles. The number of anilines is 1. The molecule has 5 heteroatoms. The van der Waals surface area contributed by atoms with Crippen LogP contribution in [-0.2, 0) is 4.79 Å². The Bertz CT molecular complexity index is 756. The minimum absolute atomic E-state index is 0.0680. The first-order valence-electron chi connectivity index (χ1n) is 10.1. The molecule has 1 heterocycles. The Labute approximate surface area is 168 Å². The Morgan fingerprint density at radius 1 is 0.964 bits per heavy atom. The summed E-state index contributed by atoms with van der Waals surface area (Å²) in [5.74, 6) is 1.00. The summed E-state index contributed by atoms with van der Waals surface area (Å²) in [7, 11) is 0. The number of piperazine rings is 1. The molecule has 1 amide bonds. The number of amides is 1. The number of para-hydroxylation sites is 1. The highest BCUT2D eigenvalue weighted by Gasteiger charge is 2.19. The number of hydrogen-bond acceptors (Lipinski definition) is 4. The summed E-state index contributed by atoms with van der Waals surface area (Å²) in [6.45, 7) is 10.2. The zero-order chi connectivity index (χ0) is 19.8. The van der Waals surface area contributed by atoms with Gasteiger partial charge < -0.3 is 15.0 Å². The molecule has 2 aromatic rings. The number of rotatable bonds is 8. The fraction of sp³-hybridized carbons (Fsp3) is 0.435. The van der Waals surface area contributed by atoms with Gasteiger partial charge in [0.05, 0.1) is 13.2 Å². The highest BCUT2D eigenvalue weighted by molar-refractivity contribution is 5.93. The van der Waals surface area contributed by atoms with Crippen LogP contribution in [0, 0.1) is 13.8 Å². The lowest BCUT2D eigenvalue weighted by Crippen LogP contribution is -2.48. The van der Waals surface area contributed by atoms with Crippen molar-refractivity contribution in [2.24, 2.45) is 0 Å². The Kier molecular flexibility index (Phi) is 7.46. The predicted molar refractivity (Wildman–Crippen MR) is 114 cm³/mol. The van der Waals surface area contributed by atoms with E-state index in [2.05, 4.69) is 28.1 Å². The van der Waals surface area contributed by atoms with Crippen LogP contribution < -0.4 is 10.1 Å². The fourth-order valence-electron chi connectivity index (χ4n) is 3.45. The number of carbonyl (C=O) groups excluding carboxylic acids is 1. The molecule has 0 saturated carbocycles. The van der Waals surface area contributed by atoms with Crippen molar-refractivity contribution >= 4 is 11.6 Å². The van der Waals surface area contributed by atoms with E-state index in [0.29, 0.717) is 6.54 Å². The number of benzene rings is 2. The van der Waals surface area contributed by atoms with E-state index in [9.17, 15) is 4.79 Å². The number of hydrogen-bond donors (Lipinski definition) is 1. The van der Waals surface area contributed by atoms with Gasteiger partial charge >= 0.3 is 0 Å². The Morgan fingerprint density at radius 2 is 1.68 bits per heavy atom. The maximum atomic E-state index is 12.4. The summed E-state index contributed by atoms with van der Waals surface area (Å²) in [6.07, 6.45) is 1.02. The smallest absolute Gasteiger partial charge is 0.238 e. The lowest BCUT2D eigenvalue weighted by molar-refractivity contribution is -0.117. The lowest BCUT2D eigenvalue weighted by atomic mass is 10.1. The highest BCUT2D eigenvalue weighted by atomic mass is 16.5. The molecule has 0 aromatic heterocycles. The summed E-state index contributed by atoms with van der Waals surface area (Å²) >= 11 is 0. The predicted octanol–water partition coefficient (Wildman–Crippen LogP) is 3.33. The topological polar surface area (TPSA) is 44.8 Å². The zero-order valence-corrected chi connectivity index (χ0v) is 17.0. The molecule has 5 nitrogen and oxygen atoms in total. The van der Waals surface area contributed by atoms with Gasteiger partial charge in [0.1, 0.15) is 5.75 Å². The van der Waals surface area contributed by atoms with Gasteiger partial charge in [-0.1, -0.05) is 30.3 Å². The van der Waals surface area contributed by atoms with Gasteiger partial charge in [-0.15, -0.1) is 0 Å². The second-order valence-electron chi connectivity index (χ2n) is 7.43. The van der Waals surface area contributed by atoms with Crippen LogP contribution in [0.1, 0.15) is 17.5 Å². The van der Waals surface area contributed by atoms with E-state index >= 15 is 0 Å². The number of carbonyl (C=O) groups is 1. The summed E-state index contributed by atoms with van der Waals surface area (Å²) in [5.41, 5.74) is 3.25. The summed E-state index contributed by atoms with van der Waals surface area (Å²) in [5, 5.41) is 3.06. The van der Waals surface area contributed by atoms with E-state index in [-0.39, 0.29) is 5.91 Å². The first-order chi connectivity index (χ1) is 13.6. The molecule has 1 aliphatic heterocycles. The average Bonchev–Trinajstić information content (AvgIpc) is 2.71. The van der Waals surface area contributed by atoms with E-state index in [4.69, 9.17) is 4.74 Å². The van der Waals surface area contributed by atoms with Crippen molar-refractivity contribution in [3.05, 3.63) is 59.7 Å². The van der Waals surface area contributed by atoms with Gasteiger partial charge in [-0.2, -0.15) is 0 Å². The number of ether oxygens (including phenoxy) is 1. The van der Waals surface area contributed by atoms with Crippen molar-refractivity contribution in [1.29, 1.82) is 0 Å². The van der Waals surface area contributed by atoms with Gasteiger partial charge in [0, 0.05) is 38.4 Å². The quantitative estimate of drug-likeness (QED) is 0.713. The normalized spacial score (nSPS) is 15.4. The molecule has 28 heavy (non-hydrogen) atoms. The molecule has 0 unspecified atom stereocenters. The van der Waals surface area contributed by atoms with Gasteiger partial charge in [-0.05, 0) is 49.6 Å². The van der Waals surface area contributed by atoms with Crippen molar-refractivity contribution in [2.75, 3.05) is 51.2 Å². The third-order valence-electron chi connectivity index (χ3n) is 5.34. The van der Waals surface area contributed by atoms with Crippen LogP contribution >= 0.6 is 0 Å². The zero-order valence-electron chi connectivity index (χ0n) is 17.0. The Morgan fingerprint density at radius 3 is 2.43 bits per heavy atom. The van der Waals surface area contributed by atoms with Gasteiger partial charge in [-0.25, -0.2) is 0 Å². The first kappa shape index (κ1) is 20.4. The van der Waals surface area contributed by atoms with Crippen LogP contribution in [0.3, 0.4) is 0 Å². The third kappa shape index (κ3) is 6.08. The molecule has 1 aliphatic rings. The van der Waals surface area contributed by atoms with E-state index in [1.165, 1.54) is 5.56 Å². The summed E-state index contributed by atoms with van der Waals surface area (Å²) in [4.78, 5) is 17.1.